The maximum Gasteiger partial charge on any atom is 0.245 e. The Kier molecular flexibility index (Phi) is 5.08. The molecular weight excluding hydrogens is 420 g/mol. The summed E-state index contributed by atoms with van der Waals surface area (Å²) in [5, 5.41) is 10.2. The molecule has 1 unspecified atom stereocenters. The number of anilines is 3. The van der Waals surface area contributed by atoms with Gasteiger partial charge in [-0.05, 0) is 43.0 Å². The number of ketones is 1. The monoisotopic (exact) mass is 446 g/mol. The van der Waals surface area contributed by atoms with Gasteiger partial charge in [0.25, 0.3) is 0 Å². The average molecular weight is 447 g/mol. The number of benzene rings is 1. The van der Waals surface area contributed by atoms with Gasteiger partial charge in [-0.1, -0.05) is 31.1 Å². The van der Waals surface area contributed by atoms with Gasteiger partial charge in [-0.25, -0.2) is 0 Å². The number of allylic oxidation sites excluding steroid dienone is 1. The first-order valence-corrected chi connectivity index (χ1v) is 11.0. The summed E-state index contributed by atoms with van der Waals surface area (Å²) in [6.07, 6.45) is 2.74. The van der Waals surface area contributed by atoms with Crippen LogP contribution in [0.4, 0.5) is 17.2 Å². The smallest absolute Gasteiger partial charge is 0.245 e. The second kappa shape index (κ2) is 7.95. The molecule has 170 valence electrons. The number of hydrogen-bond acceptors (Lipinski definition) is 7. The van der Waals surface area contributed by atoms with E-state index in [2.05, 4.69) is 29.6 Å². The van der Waals surface area contributed by atoms with E-state index in [0.29, 0.717) is 29.3 Å². The molecule has 33 heavy (non-hydrogen) atoms. The van der Waals surface area contributed by atoms with Gasteiger partial charge in [0, 0.05) is 23.8 Å². The zero-order chi connectivity index (χ0) is 23.2. The average Bonchev–Trinajstić information content (AvgIpc) is 3.38. The Hall–Kier alpha value is -3.81. The molecule has 2 aliphatic rings. The first kappa shape index (κ1) is 21.1. The van der Waals surface area contributed by atoms with Crippen molar-refractivity contribution in [2.24, 2.45) is 5.41 Å². The van der Waals surface area contributed by atoms with Gasteiger partial charge in [-0.2, -0.15) is 0 Å². The summed E-state index contributed by atoms with van der Waals surface area (Å²) in [4.78, 5) is 28.5. The number of rotatable bonds is 4. The normalized spacial score (nSPS) is 19.4. The minimum Gasteiger partial charge on any atom is -0.467 e. The molecule has 8 nitrogen and oxygen atoms in total. The van der Waals surface area contributed by atoms with Crippen LogP contribution in [0.25, 0.3) is 0 Å². The lowest BCUT2D eigenvalue weighted by Gasteiger charge is -2.36. The third kappa shape index (κ3) is 4.04. The van der Waals surface area contributed by atoms with Crippen molar-refractivity contribution in [1.29, 1.82) is 0 Å². The minimum atomic E-state index is -0.542. The Morgan fingerprint density at radius 2 is 2.06 bits per heavy atom. The molecule has 1 aliphatic carbocycles. The van der Waals surface area contributed by atoms with Crippen molar-refractivity contribution in [3.63, 3.8) is 0 Å². The van der Waals surface area contributed by atoms with Crippen molar-refractivity contribution in [2.45, 2.75) is 39.7 Å². The van der Waals surface area contributed by atoms with Crippen molar-refractivity contribution in [3.8, 4) is 0 Å². The highest BCUT2D eigenvalue weighted by Gasteiger charge is 2.42. The van der Waals surface area contributed by atoms with Crippen LogP contribution < -0.4 is 15.5 Å². The summed E-state index contributed by atoms with van der Waals surface area (Å²) in [6, 6.07) is 12.5. The quantitative estimate of drug-likeness (QED) is 0.592. The first-order chi connectivity index (χ1) is 15.8. The molecule has 8 heteroatoms. The Bertz CT molecular complexity index is 1240. The fourth-order valence-electron chi connectivity index (χ4n) is 4.73. The van der Waals surface area contributed by atoms with E-state index in [9.17, 15) is 9.59 Å². The molecule has 1 amide bonds. The topological polar surface area (TPSA) is 101 Å². The van der Waals surface area contributed by atoms with Crippen molar-refractivity contribution in [1.82, 2.24) is 5.16 Å². The third-order valence-corrected chi connectivity index (χ3v) is 6.03. The van der Waals surface area contributed by atoms with Crippen molar-refractivity contribution < 1.29 is 18.5 Å². The fourth-order valence-corrected chi connectivity index (χ4v) is 4.73. The van der Waals surface area contributed by atoms with E-state index in [4.69, 9.17) is 8.94 Å². The number of fused-ring (bicyclic) bond motifs is 1. The van der Waals surface area contributed by atoms with Gasteiger partial charge >= 0.3 is 0 Å². The van der Waals surface area contributed by atoms with E-state index in [1.165, 1.54) is 0 Å². The van der Waals surface area contributed by atoms with E-state index in [1.807, 2.05) is 35.2 Å². The van der Waals surface area contributed by atoms with Crippen LogP contribution in [-0.2, 0) is 9.59 Å². The van der Waals surface area contributed by atoms with Crippen LogP contribution in [0.15, 0.2) is 68.9 Å². The Morgan fingerprint density at radius 3 is 2.79 bits per heavy atom. The van der Waals surface area contributed by atoms with Crippen molar-refractivity contribution in [3.05, 3.63) is 71.5 Å². The number of aromatic nitrogens is 1. The zero-order valence-corrected chi connectivity index (χ0v) is 18.8. The van der Waals surface area contributed by atoms with Gasteiger partial charge in [0.15, 0.2) is 11.6 Å². The maximum absolute atomic E-state index is 13.5. The van der Waals surface area contributed by atoms with Gasteiger partial charge in [0.1, 0.15) is 17.6 Å². The second-order valence-electron chi connectivity index (χ2n) is 9.39. The van der Waals surface area contributed by atoms with Crippen LogP contribution in [0, 0.1) is 12.3 Å². The Balaban J connectivity index is 1.61. The van der Waals surface area contributed by atoms with Gasteiger partial charge in [-0.3, -0.25) is 9.59 Å². The highest BCUT2D eigenvalue weighted by Crippen LogP contribution is 2.48. The lowest BCUT2D eigenvalue weighted by atomic mass is 9.74. The number of nitrogens with zero attached hydrogens (tertiary/aromatic N) is 2. The molecule has 0 radical (unpaired) electrons. The molecular formula is C25H26N4O4. The molecule has 2 N–H and O–H groups in total. The van der Waals surface area contributed by atoms with Crippen LogP contribution in [0.3, 0.4) is 0 Å². The summed E-state index contributed by atoms with van der Waals surface area (Å²) in [5.41, 5.74) is 3.01. The van der Waals surface area contributed by atoms with Crippen molar-refractivity contribution >= 4 is 28.9 Å². The highest BCUT2D eigenvalue weighted by atomic mass is 16.5. The third-order valence-electron chi connectivity index (χ3n) is 6.03. The molecule has 3 heterocycles. The lowest BCUT2D eigenvalue weighted by molar-refractivity contribution is -0.119. The van der Waals surface area contributed by atoms with E-state index in [-0.39, 0.29) is 23.7 Å². The summed E-state index contributed by atoms with van der Waals surface area (Å²) in [5.74, 6) is 1.35. The molecule has 0 bridgehead atoms. The SMILES string of the molecule is Cc1cc(NC(=O)CN2c3ccccc3NC3=C(C(=O)CC(C)(C)C3)C2c2ccco2)no1. The molecule has 1 aliphatic heterocycles. The van der Waals surface area contributed by atoms with Gasteiger partial charge in [0.05, 0.1) is 24.2 Å². The maximum atomic E-state index is 13.5. The number of amides is 1. The summed E-state index contributed by atoms with van der Waals surface area (Å²) in [7, 11) is 0. The molecule has 0 fully saturated rings. The lowest BCUT2D eigenvalue weighted by Crippen LogP contribution is -2.40. The highest BCUT2D eigenvalue weighted by molar-refractivity contribution is 6.02. The number of carbonyl (C=O) groups is 2. The minimum absolute atomic E-state index is 0.0105. The number of carbonyl (C=O) groups excluding carboxylic acids is 2. The molecule has 1 aromatic carbocycles. The van der Waals surface area contributed by atoms with E-state index < -0.39 is 6.04 Å². The molecule has 0 saturated carbocycles. The number of hydrogen-bond donors (Lipinski definition) is 2. The zero-order valence-electron chi connectivity index (χ0n) is 18.8. The van der Waals surface area contributed by atoms with E-state index in [1.54, 1.807) is 25.3 Å². The predicted octanol–water partition coefficient (Wildman–Crippen LogP) is 4.83. The summed E-state index contributed by atoms with van der Waals surface area (Å²) < 4.78 is 10.9. The number of Topliss-reactive ketones (excluding diaryl/α,β-unsaturated/α-hetero) is 1. The van der Waals surface area contributed by atoms with E-state index >= 15 is 0 Å². The van der Waals surface area contributed by atoms with Crippen LogP contribution in [0.1, 0.15) is 44.3 Å². The van der Waals surface area contributed by atoms with Crippen LogP contribution >= 0.6 is 0 Å². The standard InChI is InChI=1S/C25H26N4O4/c1-15-11-21(28-33-15)27-22(31)14-29-18-8-5-4-7-16(18)26-17-12-25(2,3)13-19(30)23(17)24(29)20-9-6-10-32-20/h4-11,24,26H,12-14H2,1-3H3,(H,27,28,31). The van der Waals surface area contributed by atoms with Gasteiger partial charge < -0.3 is 24.5 Å². The van der Waals surface area contributed by atoms with Gasteiger partial charge in [0.2, 0.25) is 5.91 Å². The van der Waals surface area contributed by atoms with Crippen molar-refractivity contribution in [2.75, 3.05) is 22.1 Å². The Morgan fingerprint density at radius 1 is 1.24 bits per heavy atom. The van der Waals surface area contributed by atoms with Crippen LogP contribution in [0.2, 0.25) is 0 Å². The molecule has 0 saturated heterocycles. The molecule has 0 spiro atoms. The fraction of sp³-hybridized carbons (Fsp3) is 0.320. The molecule has 3 aromatic rings. The molecule has 1 atom stereocenters. The largest absolute Gasteiger partial charge is 0.467 e. The van der Waals surface area contributed by atoms with Crippen LogP contribution in [-0.4, -0.2) is 23.4 Å². The first-order valence-electron chi connectivity index (χ1n) is 11.0. The summed E-state index contributed by atoms with van der Waals surface area (Å²) >= 11 is 0. The molecule has 5 rings (SSSR count). The number of nitrogens with one attached hydrogen (secondary N) is 2. The van der Waals surface area contributed by atoms with Crippen LogP contribution in [0.5, 0.6) is 0 Å². The van der Waals surface area contributed by atoms with Gasteiger partial charge in [-0.15, -0.1) is 0 Å². The predicted molar refractivity (Wildman–Crippen MR) is 124 cm³/mol. The number of aryl methyl sites for hydroxylation is 1. The second-order valence-corrected chi connectivity index (χ2v) is 9.39. The molecule has 2 aromatic heterocycles. The number of para-hydroxylation sites is 2. The summed E-state index contributed by atoms with van der Waals surface area (Å²) in [6.45, 7) is 5.94. The van der Waals surface area contributed by atoms with E-state index in [0.717, 1.165) is 23.5 Å². The number of furan rings is 1. The Labute approximate surface area is 191 Å².